The first kappa shape index (κ1) is 19.8. The molecule has 0 saturated heterocycles. The number of anilines is 3. The van der Waals surface area contributed by atoms with Crippen molar-refractivity contribution in [1.29, 1.82) is 0 Å². The molecule has 0 spiro atoms. The molecule has 6 nitrogen and oxygen atoms in total. The molecule has 3 rings (SSSR count). The Morgan fingerprint density at radius 3 is 2.74 bits per heavy atom. The molecule has 1 fully saturated rings. The van der Waals surface area contributed by atoms with Crippen molar-refractivity contribution < 1.29 is 4.74 Å². The lowest BCUT2D eigenvalue weighted by molar-refractivity contribution is 0.415. The summed E-state index contributed by atoms with van der Waals surface area (Å²) in [6.45, 7) is 5.12. The normalized spacial score (nSPS) is 14.2. The first-order valence-corrected chi connectivity index (χ1v) is 10.0. The highest BCUT2D eigenvalue weighted by Crippen LogP contribution is 2.29. The van der Waals surface area contributed by atoms with Gasteiger partial charge in [0.05, 0.1) is 12.1 Å². The molecule has 1 aliphatic rings. The minimum Gasteiger partial charge on any atom is -0.495 e. The van der Waals surface area contributed by atoms with E-state index in [1.54, 1.807) is 7.11 Å². The molecule has 0 aliphatic heterocycles. The Morgan fingerprint density at radius 1 is 1.33 bits per heavy atom. The number of hydrogen-bond donors (Lipinski definition) is 2. The van der Waals surface area contributed by atoms with Crippen molar-refractivity contribution >= 4 is 41.8 Å². The fraction of sp³-hybridized carbons (Fsp3) is 0.474. The Balaban J connectivity index is 1.89. The maximum absolute atomic E-state index is 6.23. The molecule has 0 radical (unpaired) electrons. The third kappa shape index (κ3) is 4.65. The standard InChI is InChI=1S/C19H27BClN5O/c1-4-23-26(14-7-5-6-8-14)18-15(20-2)12-22-19(25-18)24-13-9-10-17(27-3)16(21)11-13/h9-12,14,20,23H,4-8H2,1-3H3,(H,22,24,25). The van der Waals surface area contributed by atoms with Crippen LogP contribution in [0.4, 0.5) is 17.5 Å². The Bertz CT molecular complexity index is 770. The fourth-order valence-electron chi connectivity index (χ4n) is 3.50. The summed E-state index contributed by atoms with van der Waals surface area (Å²) >= 11 is 6.23. The van der Waals surface area contributed by atoms with Gasteiger partial charge in [0.2, 0.25) is 5.95 Å². The smallest absolute Gasteiger partial charge is 0.229 e. The Morgan fingerprint density at radius 2 is 2.11 bits per heavy atom. The van der Waals surface area contributed by atoms with E-state index in [-0.39, 0.29) is 0 Å². The minimum atomic E-state index is 0.480. The molecule has 0 atom stereocenters. The van der Waals surface area contributed by atoms with Crippen molar-refractivity contribution in [3.8, 4) is 5.75 Å². The Labute approximate surface area is 166 Å². The van der Waals surface area contributed by atoms with E-state index >= 15 is 0 Å². The van der Waals surface area contributed by atoms with E-state index in [4.69, 9.17) is 21.3 Å². The van der Waals surface area contributed by atoms with Gasteiger partial charge in [-0.15, -0.1) is 0 Å². The summed E-state index contributed by atoms with van der Waals surface area (Å²) in [5, 5.41) is 6.06. The molecule has 1 saturated carbocycles. The van der Waals surface area contributed by atoms with Gasteiger partial charge in [0, 0.05) is 24.5 Å². The number of halogens is 1. The van der Waals surface area contributed by atoms with E-state index in [0.29, 0.717) is 22.8 Å². The highest BCUT2D eigenvalue weighted by Gasteiger charge is 2.25. The van der Waals surface area contributed by atoms with Crippen LogP contribution in [0.5, 0.6) is 5.75 Å². The van der Waals surface area contributed by atoms with Crippen molar-refractivity contribution in [2.24, 2.45) is 0 Å². The van der Waals surface area contributed by atoms with Gasteiger partial charge in [0.25, 0.3) is 0 Å². The molecule has 1 aromatic heterocycles. The van der Waals surface area contributed by atoms with Crippen LogP contribution >= 0.6 is 11.6 Å². The lowest BCUT2D eigenvalue weighted by Crippen LogP contribution is -2.48. The molecular weight excluding hydrogens is 361 g/mol. The fourth-order valence-corrected chi connectivity index (χ4v) is 3.76. The average molecular weight is 388 g/mol. The zero-order valence-corrected chi connectivity index (χ0v) is 17.0. The minimum absolute atomic E-state index is 0.480. The van der Waals surface area contributed by atoms with Gasteiger partial charge in [-0.1, -0.05) is 38.2 Å². The molecule has 1 aliphatic carbocycles. The summed E-state index contributed by atoms with van der Waals surface area (Å²) in [7, 11) is 2.49. The van der Waals surface area contributed by atoms with E-state index < -0.39 is 0 Å². The summed E-state index contributed by atoms with van der Waals surface area (Å²) < 4.78 is 5.21. The van der Waals surface area contributed by atoms with Crippen LogP contribution < -0.4 is 26.0 Å². The summed E-state index contributed by atoms with van der Waals surface area (Å²) in [4.78, 5) is 9.34. The molecule has 1 aromatic carbocycles. The van der Waals surface area contributed by atoms with Crippen molar-refractivity contribution in [3.05, 3.63) is 29.4 Å². The van der Waals surface area contributed by atoms with E-state index in [1.807, 2.05) is 24.4 Å². The SMILES string of the molecule is CBc1cnc(Nc2ccc(OC)c(Cl)c2)nc1N(NCC)C1CCCC1. The van der Waals surface area contributed by atoms with Crippen LogP contribution in [0.2, 0.25) is 11.8 Å². The molecule has 8 heteroatoms. The zero-order valence-electron chi connectivity index (χ0n) is 16.3. The Hall–Kier alpha value is -1.99. The van der Waals surface area contributed by atoms with Crippen molar-refractivity contribution in [1.82, 2.24) is 15.4 Å². The van der Waals surface area contributed by atoms with E-state index in [0.717, 1.165) is 30.8 Å². The molecule has 0 unspecified atom stereocenters. The quantitative estimate of drug-likeness (QED) is 0.535. The second-order valence-corrected chi connectivity index (χ2v) is 7.10. The second-order valence-electron chi connectivity index (χ2n) is 6.69. The third-order valence-corrected chi connectivity index (χ3v) is 5.17. The molecule has 2 N–H and O–H groups in total. The lowest BCUT2D eigenvalue weighted by Gasteiger charge is -2.31. The van der Waals surface area contributed by atoms with Crippen LogP contribution in [-0.4, -0.2) is 36.9 Å². The van der Waals surface area contributed by atoms with Gasteiger partial charge in [-0.3, -0.25) is 5.01 Å². The first-order valence-electron chi connectivity index (χ1n) is 9.65. The maximum Gasteiger partial charge on any atom is 0.229 e. The number of nitrogens with zero attached hydrogens (tertiary/aromatic N) is 3. The van der Waals surface area contributed by atoms with Gasteiger partial charge in [-0.2, -0.15) is 4.98 Å². The molecule has 0 bridgehead atoms. The number of ether oxygens (including phenoxy) is 1. The predicted octanol–water partition coefficient (Wildman–Crippen LogP) is 3.27. The lowest BCUT2D eigenvalue weighted by atomic mass is 9.74. The number of hydrogen-bond acceptors (Lipinski definition) is 6. The van der Waals surface area contributed by atoms with Crippen LogP contribution in [-0.2, 0) is 0 Å². The van der Waals surface area contributed by atoms with Gasteiger partial charge in [-0.05, 0) is 36.5 Å². The molecular formula is C19H27BClN5O. The molecule has 0 amide bonds. The topological polar surface area (TPSA) is 62.3 Å². The number of methoxy groups -OCH3 is 1. The number of aromatic nitrogens is 2. The number of hydrazine groups is 1. The van der Waals surface area contributed by atoms with Crippen LogP contribution in [0.1, 0.15) is 32.6 Å². The van der Waals surface area contributed by atoms with Crippen molar-refractivity contribution in [2.75, 3.05) is 24.0 Å². The van der Waals surface area contributed by atoms with Crippen LogP contribution in [0.15, 0.2) is 24.4 Å². The number of benzene rings is 1. The maximum atomic E-state index is 6.23. The predicted molar refractivity (Wildman–Crippen MR) is 114 cm³/mol. The van der Waals surface area contributed by atoms with Gasteiger partial charge in [0.1, 0.15) is 11.6 Å². The van der Waals surface area contributed by atoms with E-state index in [2.05, 4.69) is 34.5 Å². The number of nitrogens with one attached hydrogen (secondary N) is 2. The highest BCUT2D eigenvalue weighted by atomic mass is 35.5. The van der Waals surface area contributed by atoms with E-state index in [1.165, 1.54) is 25.7 Å². The van der Waals surface area contributed by atoms with Crippen LogP contribution in [0, 0.1) is 0 Å². The number of rotatable bonds is 8. The first-order chi connectivity index (χ1) is 13.2. The van der Waals surface area contributed by atoms with Crippen molar-refractivity contribution in [2.45, 2.75) is 45.5 Å². The van der Waals surface area contributed by atoms with Gasteiger partial charge >= 0.3 is 0 Å². The Kier molecular flexibility index (Phi) is 6.80. The molecule has 1 heterocycles. The van der Waals surface area contributed by atoms with Crippen LogP contribution in [0.25, 0.3) is 0 Å². The van der Waals surface area contributed by atoms with Gasteiger partial charge in [0.15, 0.2) is 7.28 Å². The zero-order chi connectivity index (χ0) is 19.2. The van der Waals surface area contributed by atoms with Gasteiger partial charge < -0.3 is 10.1 Å². The summed E-state index contributed by atoms with van der Waals surface area (Å²) in [5.74, 6) is 2.16. The van der Waals surface area contributed by atoms with Gasteiger partial charge in [-0.25, -0.2) is 10.4 Å². The van der Waals surface area contributed by atoms with Crippen molar-refractivity contribution in [3.63, 3.8) is 0 Å². The average Bonchev–Trinajstić information content (AvgIpc) is 3.21. The van der Waals surface area contributed by atoms with Crippen LogP contribution in [0.3, 0.4) is 0 Å². The summed E-state index contributed by atoms with van der Waals surface area (Å²) in [6.07, 6.45) is 6.84. The molecule has 144 valence electrons. The summed E-state index contributed by atoms with van der Waals surface area (Å²) in [5.41, 5.74) is 5.47. The highest BCUT2D eigenvalue weighted by molar-refractivity contribution is 6.53. The molecule has 2 aromatic rings. The third-order valence-electron chi connectivity index (χ3n) is 4.88. The van der Waals surface area contributed by atoms with E-state index in [9.17, 15) is 0 Å². The summed E-state index contributed by atoms with van der Waals surface area (Å²) in [6, 6.07) is 6.03. The second kappa shape index (κ2) is 9.28. The largest absolute Gasteiger partial charge is 0.495 e. The monoisotopic (exact) mass is 387 g/mol. The molecule has 27 heavy (non-hydrogen) atoms.